The van der Waals surface area contributed by atoms with Gasteiger partial charge in [-0.05, 0) is 26.6 Å². The van der Waals surface area contributed by atoms with E-state index < -0.39 is 0 Å². The molecule has 0 bridgehead atoms. The number of nitrogens with zero attached hydrogens (tertiary/aromatic N) is 2. The van der Waals surface area contributed by atoms with Gasteiger partial charge in [0.05, 0.1) is 6.61 Å². The molecule has 15 heavy (non-hydrogen) atoms. The highest BCUT2D eigenvalue weighted by Gasteiger charge is 2.15. The summed E-state index contributed by atoms with van der Waals surface area (Å²) in [6.07, 6.45) is 1.26. The number of hydrogen-bond donors (Lipinski definition) is 1. The van der Waals surface area contributed by atoms with Crippen molar-refractivity contribution in [2.24, 2.45) is 0 Å². The minimum absolute atomic E-state index is 0.861. The first kappa shape index (κ1) is 12.9. The summed E-state index contributed by atoms with van der Waals surface area (Å²) < 4.78 is 5.09. The number of hydrogen-bond acceptors (Lipinski definition) is 4. The number of nitrogens with one attached hydrogen (secondary N) is 1. The lowest BCUT2D eigenvalue weighted by Crippen LogP contribution is -2.47. The van der Waals surface area contributed by atoms with E-state index in [1.807, 2.05) is 7.05 Å². The average Bonchev–Trinajstić information content (AvgIpc) is 2.28. The summed E-state index contributed by atoms with van der Waals surface area (Å²) in [4.78, 5) is 5.04. The molecule has 90 valence electrons. The van der Waals surface area contributed by atoms with Crippen LogP contribution in [0.25, 0.3) is 0 Å². The van der Waals surface area contributed by atoms with Crippen molar-refractivity contribution in [2.45, 2.75) is 6.42 Å². The molecule has 0 saturated carbocycles. The van der Waals surface area contributed by atoms with Crippen molar-refractivity contribution in [1.82, 2.24) is 15.1 Å². The predicted molar refractivity (Wildman–Crippen MR) is 63.3 cm³/mol. The highest BCUT2D eigenvalue weighted by molar-refractivity contribution is 4.71. The second-order valence-corrected chi connectivity index (χ2v) is 4.13. The lowest BCUT2D eigenvalue weighted by molar-refractivity contribution is 0.0965. The fourth-order valence-corrected chi connectivity index (χ4v) is 1.94. The number of rotatable bonds is 7. The molecule has 4 heteroatoms. The van der Waals surface area contributed by atoms with Crippen molar-refractivity contribution in [1.29, 1.82) is 0 Å². The summed E-state index contributed by atoms with van der Waals surface area (Å²) in [6.45, 7) is 9.14. The average molecular weight is 215 g/mol. The van der Waals surface area contributed by atoms with Gasteiger partial charge < -0.3 is 15.0 Å². The smallest absolute Gasteiger partial charge is 0.0589 e. The van der Waals surface area contributed by atoms with Crippen molar-refractivity contribution in [3.8, 4) is 0 Å². The molecule has 1 N–H and O–H groups in total. The van der Waals surface area contributed by atoms with Crippen LogP contribution in [0.15, 0.2) is 0 Å². The molecule has 0 radical (unpaired) electrons. The summed E-state index contributed by atoms with van der Waals surface area (Å²) >= 11 is 0. The van der Waals surface area contributed by atoms with Gasteiger partial charge in [-0.25, -0.2) is 0 Å². The van der Waals surface area contributed by atoms with Gasteiger partial charge in [0, 0.05) is 39.8 Å². The summed E-state index contributed by atoms with van der Waals surface area (Å²) in [5, 5.41) is 3.19. The third-order valence-electron chi connectivity index (χ3n) is 2.98. The minimum atomic E-state index is 0.861. The van der Waals surface area contributed by atoms with E-state index in [2.05, 4.69) is 15.1 Å². The Bertz CT molecular complexity index is 147. The minimum Gasteiger partial charge on any atom is -0.383 e. The van der Waals surface area contributed by atoms with Crippen LogP contribution >= 0.6 is 0 Å². The van der Waals surface area contributed by atoms with Crippen LogP contribution < -0.4 is 5.32 Å². The van der Waals surface area contributed by atoms with Crippen LogP contribution in [-0.4, -0.2) is 76.4 Å². The standard InChI is InChI=1S/C11H25N3O/c1-12-4-3-5-13-6-8-14(9-7-13)10-11-15-2/h12H,3-11H2,1-2H3. The quantitative estimate of drug-likeness (QED) is 0.598. The SMILES string of the molecule is CNCCCN1CCN(CCOC)CC1. The zero-order valence-corrected chi connectivity index (χ0v) is 10.2. The fourth-order valence-electron chi connectivity index (χ4n) is 1.94. The van der Waals surface area contributed by atoms with Gasteiger partial charge in [0.1, 0.15) is 0 Å². The van der Waals surface area contributed by atoms with Crippen LogP contribution in [0.4, 0.5) is 0 Å². The summed E-state index contributed by atoms with van der Waals surface area (Å²) in [5.74, 6) is 0. The summed E-state index contributed by atoms with van der Waals surface area (Å²) in [6, 6.07) is 0. The monoisotopic (exact) mass is 215 g/mol. The predicted octanol–water partition coefficient (Wildman–Crippen LogP) is -0.140. The van der Waals surface area contributed by atoms with Crippen molar-refractivity contribution in [2.75, 3.05) is 66.6 Å². The van der Waals surface area contributed by atoms with Gasteiger partial charge in [-0.15, -0.1) is 0 Å². The maximum Gasteiger partial charge on any atom is 0.0589 e. The molecule has 0 amide bonds. The Hall–Kier alpha value is -0.160. The molecule has 1 saturated heterocycles. The zero-order valence-electron chi connectivity index (χ0n) is 10.2. The molecule has 1 aliphatic heterocycles. The second kappa shape index (κ2) is 8.05. The molecule has 0 spiro atoms. The Kier molecular flexibility index (Phi) is 6.92. The Morgan fingerprint density at radius 2 is 1.67 bits per heavy atom. The fraction of sp³-hybridized carbons (Fsp3) is 1.00. The molecule has 1 heterocycles. The molecule has 0 atom stereocenters. The molecule has 4 nitrogen and oxygen atoms in total. The lowest BCUT2D eigenvalue weighted by atomic mass is 10.3. The van der Waals surface area contributed by atoms with Crippen LogP contribution in [0.1, 0.15) is 6.42 Å². The van der Waals surface area contributed by atoms with Crippen molar-refractivity contribution in [3.63, 3.8) is 0 Å². The van der Waals surface area contributed by atoms with Gasteiger partial charge in [0.2, 0.25) is 0 Å². The summed E-state index contributed by atoms with van der Waals surface area (Å²) in [7, 11) is 3.79. The van der Waals surface area contributed by atoms with Gasteiger partial charge in [-0.3, -0.25) is 4.90 Å². The molecule has 1 fully saturated rings. The highest BCUT2D eigenvalue weighted by Crippen LogP contribution is 2.01. The van der Waals surface area contributed by atoms with Gasteiger partial charge in [0.15, 0.2) is 0 Å². The van der Waals surface area contributed by atoms with Crippen LogP contribution in [0.2, 0.25) is 0 Å². The zero-order chi connectivity index (χ0) is 10.9. The molecule has 0 aromatic rings. The van der Waals surface area contributed by atoms with Gasteiger partial charge in [-0.2, -0.15) is 0 Å². The molecule has 1 aliphatic rings. The Labute approximate surface area is 93.6 Å². The number of methoxy groups -OCH3 is 1. The van der Waals surface area contributed by atoms with Crippen LogP contribution in [0, 0.1) is 0 Å². The molecule has 1 rings (SSSR count). The number of ether oxygens (including phenoxy) is 1. The molecule has 0 aliphatic carbocycles. The van der Waals surface area contributed by atoms with E-state index in [9.17, 15) is 0 Å². The summed E-state index contributed by atoms with van der Waals surface area (Å²) in [5.41, 5.74) is 0. The molecule has 0 aromatic heterocycles. The van der Waals surface area contributed by atoms with Gasteiger partial charge in [0.25, 0.3) is 0 Å². The molecule has 0 unspecified atom stereocenters. The lowest BCUT2D eigenvalue weighted by Gasteiger charge is -2.34. The second-order valence-electron chi connectivity index (χ2n) is 4.13. The highest BCUT2D eigenvalue weighted by atomic mass is 16.5. The van der Waals surface area contributed by atoms with Crippen LogP contribution in [0.3, 0.4) is 0 Å². The first-order chi connectivity index (χ1) is 7.36. The Balaban J connectivity index is 2.02. The Morgan fingerprint density at radius 3 is 2.20 bits per heavy atom. The first-order valence-corrected chi connectivity index (χ1v) is 5.95. The molecule has 0 aromatic carbocycles. The van der Waals surface area contributed by atoms with Crippen molar-refractivity contribution in [3.05, 3.63) is 0 Å². The van der Waals surface area contributed by atoms with Gasteiger partial charge in [-0.1, -0.05) is 0 Å². The first-order valence-electron chi connectivity index (χ1n) is 5.95. The topological polar surface area (TPSA) is 27.7 Å². The van der Waals surface area contributed by atoms with Crippen molar-refractivity contribution >= 4 is 0 Å². The van der Waals surface area contributed by atoms with E-state index in [0.717, 1.165) is 19.7 Å². The van der Waals surface area contributed by atoms with Crippen molar-refractivity contribution < 1.29 is 4.74 Å². The van der Waals surface area contributed by atoms with Gasteiger partial charge >= 0.3 is 0 Å². The maximum atomic E-state index is 5.09. The van der Waals surface area contributed by atoms with Crippen LogP contribution in [0.5, 0.6) is 0 Å². The van der Waals surface area contributed by atoms with E-state index in [4.69, 9.17) is 4.74 Å². The normalized spacial score (nSPS) is 19.6. The maximum absolute atomic E-state index is 5.09. The third-order valence-corrected chi connectivity index (χ3v) is 2.98. The number of piperazine rings is 1. The Morgan fingerprint density at radius 1 is 1.07 bits per heavy atom. The van der Waals surface area contributed by atoms with E-state index in [0.29, 0.717) is 0 Å². The van der Waals surface area contributed by atoms with E-state index in [-0.39, 0.29) is 0 Å². The largest absolute Gasteiger partial charge is 0.383 e. The molecular formula is C11H25N3O. The van der Waals surface area contributed by atoms with E-state index in [1.54, 1.807) is 7.11 Å². The van der Waals surface area contributed by atoms with E-state index in [1.165, 1.54) is 39.1 Å². The molecular weight excluding hydrogens is 190 g/mol. The van der Waals surface area contributed by atoms with E-state index >= 15 is 0 Å². The third kappa shape index (κ3) is 5.47. The van der Waals surface area contributed by atoms with Crippen LogP contribution in [-0.2, 0) is 4.74 Å².